The highest BCUT2D eigenvalue weighted by atomic mass is 32.2. The molecule has 0 aliphatic carbocycles. The summed E-state index contributed by atoms with van der Waals surface area (Å²) in [4.78, 5) is 24.0. The van der Waals surface area contributed by atoms with Crippen LogP contribution in [0.1, 0.15) is 28.4 Å². The van der Waals surface area contributed by atoms with Crippen molar-refractivity contribution in [3.63, 3.8) is 0 Å². The number of aryl methyl sites for hydroxylation is 1. The van der Waals surface area contributed by atoms with Crippen LogP contribution in [0.3, 0.4) is 0 Å². The number of rotatable bonds is 10. The molecule has 0 radical (unpaired) electrons. The molecule has 1 aromatic heterocycles. The van der Waals surface area contributed by atoms with Crippen LogP contribution >= 0.6 is 11.3 Å². The van der Waals surface area contributed by atoms with E-state index < -0.39 is 28.0 Å². The van der Waals surface area contributed by atoms with Gasteiger partial charge in [-0.05, 0) is 49.1 Å². The number of carbonyl (C=O) groups is 2. The average Bonchev–Trinajstić information content (AvgIpc) is 3.37. The number of thiophene rings is 1. The molecule has 0 bridgehead atoms. The van der Waals surface area contributed by atoms with Gasteiger partial charge in [0.15, 0.2) is 6.10 Å². The van der Waals surface area contributed by atoms with E-state index in [0.717, 1.165) is 11.3 Å². The topological polar surface area (TPSA) is 143 Å². The third-order valence-electron chi connectivity index (χ3n) is 4.76. The van der Waals surface area contributed by atoms with Crippen LogP contribution in [0.15, 0.2) is 63.2 Å². The maximum atomic E-state index is 12.8. The smallest absolute Gasteiger partial charge is 0.344 e. The Bertz CT molecular complexity index is 1350. The van der Waals surface area contributed by atoms with Crippen molar-refractivity contribution in [3.05, 3.63) is 70.6 Å². The molecule has 1 unspecified atom stereocenters. The molecule has 1 heterocycles. The Morgan fingerprint density at radius 3 is 2.60 bits per heavy atom. The summed E-state index contributed by atoms with van der Waals surface area (Å²) in [6.45, 7) is 3.05. The van der Waals surface area contributed by atoms with Crippen LogP contribution in [0.2, 0.25) is 0 Å². The van der Waals surface area contributed by atoms with Crippen LogP contribution in [-0.4, -0.2) is 44.8 Å². The minimum atomic E-state index is -3.87. The van der Waals surface area contributed by atoms with Gasteiger partial charge in [0.25, 0.3) is 15.9 Å². The number of carboxylic acids is 1. The molecule has 0 aliphatic rings. The van der Waals surface area contributed by atoms with Crippen molar-refractivity contribution >= 4 is 45.1 Å². The van der Waals surface area contributed by atoms with Crippen LogP contribution in [-0.2, 0) is 14.8 Å². The first-order valence-electron chi connectivity index (χ1n) is 10.2. The van der Waals surface area contributed by atoms with E-state index >= 15 is 0 Å². The molecule has 2 aromatic carbocycles. The molecule has 0 aliphatic heterocycles. The number of benzene rings is 2. The fraction of sp³-hybridized carbons (Fsp3) is 0.174. The fourth-order valence-electron chi connectivity index (χ4n) is 2.91. The Morgan fingerprint density at radius 2 is 1.94 bits per heavy atom. The zero-order valence-electron chi connectivity index (χ0n) is 19.0. The number of nitrogens with one attached hydrogen (secondary N) is 2. The molecule has 0 fully saturated rings. The fourth-order valence-corrected chi connectivity index (χ4v) is 5.05. The zero-order chi connectivity index (χ0) is 25.6. The monoisotopic (exact) mass is 517 g/mol. The second kappa shape index (κ2) is 11.0. The maximum Gasteiger partial charge on any atom is 0.344 e. The lowest BCUT2D eigenvalue weighted by molar-refractivity contribution is -0.144. The predicted octanol–water partition coefficient (Wildman–Crippen LogP) is 3.48. The van der Waals surface area contributed by atoms with E-state index in [1.54, 1.807) is 42.6 Å². The molecule has 35 heavy (non-hydrogen) atoms. The summed E-state index contributed by atoms with van der Waals surface area (Å²) in [5, 5.41) is 14.7. The Morgan fingerprint density at radius 1 is 1.17 bits per heavy atom. The van der Waals surface area contributed by atoms with Gasteiger partial charge in [0.05, 0.1) is 24.6 Å². The molecule has 3 aromatic rings. The summed E-state index contributed by atoms with van der Waals surface area (Å²) < 4.78 is 38.6. The van der Waals surface area contributed by atoms with Crippen molar-refractivity contribution in [2.24, 2.45) is 5.10 Å². The lowest BCUT2D eigenvalue weighted by Crippen LogP contribution is -2.23. The Labute approximate surface area is 206 Å². The Hall–Kier alpha value is -3.90. The first-order chi connectivity index (χ1) is 16.6. The molecule has 0 saturated heterocycles. The number of sulfonamides is 1. The number of ether oxygens (including phenoxy) is 2. The molecule has 3 N–H and O–H groups in total. The standard InChI is InChI=1S/C23H23N3O7S2/c1-14-6-4-7-18(21(14)26-35(30,31)20-8-5-11-34-20)22(27)25-24-13-16-9-10-17(32-3)12-19(16)33-15(2)23(28)29/h4-13,15,26H,1-3H3,(H,25,27)(H,28,29). The normalized spacial score (nSPS) is 12.2. The number of hydrazone groups is 1. The van der Waals surface area contributed by atoms with Crippen LogP contribution in [0.25, 0.3) is 0 Å². The molecule has 3 rings (SSSR count). The van der Waals surface area contributed by atoms with E-state index in [9.17, 15) is 18.0 Å². The quantitative estimate of drug-likeness (QED) is 0.276. The number of methoxy groups -OCH3 is 1. The van der Waals surface area contributed by atoms with Crippen LogP contribution in [0.5, 0.6) is 11.5 Å². The summed E-state index contributed by atoms with van der Waals surface area (Å²) in [7, 11) is -2.41. The minimum Gasteiger partial charge on any atom is -0.497 e. The molecule has 10 nitrogen and oxygen atoms in total. The zero-order valence-corrected chi connectivity index (χ0v) is 20.6. The molecule has 0 spiro atoms. The van der Waals surface area contributed by atoms with Gasteiger partial charge >= 0.3 is 5.97 Å². The maximum absolute atomic E-state index is 12.8. The van der Waals surface area contributed by atoms with E-state index in [-0.39, 0.29) is 21.2 Å². The van der Waals surface area contributed by atoms with Gasteiger partial charge in [0.2, 0.25) is 0 Å². The summed E-state index contributed by atoms with van der Waals surface area (Å²) in [6, 6.07) is 12.6. The number of nitrogens with zero attached hydrogens (tertiary/aromatic N) is 1. The van der Waals surface area contributed by atoms with Gasteiger partial charge in [-0.15, -0.1) is 11.3 Å². The van der Waals surface area contributed by atoms with Crippen molar-refractivity contribution in [2.75, 3.05) is 11.8 Å². The van der Waals surface area contributed by atoms with Crippen molar-refractivity contribution in [1.29, 1.82) is 0 Å². The average molecular weight is 518 g/mol. The van der Waals surface area contributed by atoms with Crippen LogP contribution in [0, 0.1) is 6.92 Å². The van der Waals surface area contributed by atoms with Gasteiger partial charge in [0.1, 0.15) is 15.7 Å². The van der Waals surface area contributed by atoms with Crippen molar-refractivity contribution in [1.82, 2.24) is 5.43 Å². The van der Waals surface area contributed by atoms with Gasteiger partial charge in [-0.3, -0.25) is 9.52 Å². The number of aliphatic carboxylic acids is 1. The third kappa shape index (κ3) is 6.37. The highest BCUT2D eigenvalue weighted by molar-refractivity contribution is 7.94. The van der Waals surface area contributed by atoms with Crippen molar-refractivity contribution in [2.45, 2.75) is 24.2 Å². The predicted molar refractivity (Wildman–Crippen MR) is 132 cm³/mol. The highest BCUT2D eigenvalue weighted by Crippen LogP contribution is 2.27. The minimum absolute atomic E-state index is 0.0768. The molecular formula is C23H23N3O7S2. The number of para-hydroxylation sites is 1. The van der Waals surface area contributed by atoms with Crippen molar-refractivity contribution < 1.29 is 32.6 Å². The van der Waals surface area contributed by atoms with Gasteiger partial charge in [-0.25, -0.2) is 18.6 Å². The molecular weight excluding hydrogens is 494 g/mol. The number of hydrogen-bond acceptors (Lipinski definition) is 8. The summed E-state index contributed by atoms with van der Waals surface area (Å²) in [5.41, 5.74) is 3.52. The summed E-state index contributed by atoms with van der Waals surface area (Å²) in [5.74, 6) is -1.16. The molecule has 0 saturated carbocycles. The number of hydrogen-bond donors (Lipinski definition) is 3. The Balaban J connectivity index is 1.82. The van der Waals surface area contributed by atoms with E-state index in [0.29, 0.717) is 16.9 Å². The highest BCUT2D eigenvalue weighted by Gasteiger charge is 2.21. The SMILES string of the molecule is COc1ccc(C=NNC(=O)c2cccc(C)c2NS(=O)(=O)c2cccs2)c(OC(C)C(=O)O)c1. The number of carboxylic acid groups (broad SMARTS) is 1. The number of carbonyl (C=O) groups excluding carboxylic acids is 1. The van der Waals surface area contributed by atoms with Gasteiger partial charge in [-0.1, -0.05) is 18.2 Å². The van der Waals surface area contributed by atoms with Crippen molar-refractivity contribution in [3.8, 4) is 11.5 Å². The second-order valence-electron chi connectivity index (χ2n) is 7.24. The first-order valence-corrected chi connectivity index (χ1v) is 12.6. The lowest BCUT2D eigenvalue weighted by atomic mass is 10.1. The summed E-state index contributed by atoms with van der Waals surface area (Å²) in [6.07, 6.45) is 0.155. The van der Waals surface area contributed by atoms with Gasteiger partial charge in [-0.2, -0.15) is 5.10 Å². The van der Waals surface area contributed by atoms with Crippen LogP contribution < -0.4 is 19.6 Å². The van der Waals surface area contributed by atoms with E-state index in [1.807, 2.05) is 0 Å². The van der Waals surface area contributed by atoms with E-state index in [2.05, 4.69) is 15.2 Å². The summed E-state index contributed by atoms with van der Waals surface area (Å²) >= 11 is 1.06. The third-order valence-corrected chi connectivity index (χ3v) is 7.50. The van der Waals surface area contributed by atoms with Gasteiger partial charge in [0, 0.05) is 11.6 Å². The van der Waals surface area contributed by atoms with E-state index in [4.69, 9.17) is 14.6 Å². The first kappa shape index (κ1) is 25.7. The molecule has 184 valence electrons. The number of anilines is 1. The lowest BCUT2D eigenvalue weighted by Gasteiger charge is -2.14. The molecule has 12 heteroatoms. The molecule has 1 amide bonds. The largest absolute Gasteiger partial charge is 0.497 e. The molecule has 1 atom stereocenters. The van der Waals surface area contributed by atoms with Crippen LogP contribution in [0.4, 0.5) is 5.69 Å². The second-order valence-corrected chi connectivity index (χ2v) is 10.1. The van der Waals surface area contributed by atoms with E-state index in [1.165, 1.54) is 38.4 Å². The Kier molecular flexibility index (Phi) is 8.10. The number of amides is 1. The van der Waals surface area contributed by atoms with Gasteiger partial charge < -0.3 is 14.6 Å².